The lowest BCUT2D eigenvalue weighted by molar-refractivity contribution is 0.179. The van der Waals surface area contributed by atoms with Gasteiger partial charge in [-0.05, 0) is 37.5 Å². The van der Waals surface area contributed by atoms with Gasteiger partial charge in [-0.2, -0.15) is 4.98 Å². The fourth-order valence-corrected chi connectivity index (χ4v) is 3.90. The average Bonchev–Trinajstić information content (AvgIpc) is 3.17. The number of aromatic nitrogens is 2. The van der Waals surface area contributed by atoms with Crippen molar-refractivity contribution in [3.8, 4) is 11.5 Å². The minimum Gasteiger partial charge on any atom is -0.465 e. The van der Waals surface area contributed by atoms with Gasteiger partial charge in [0.15, 0.2) is 5.82 Å². The first-order valence-electron chi connectivity index (χ1n) is 9.80. The SMILES string of the molecule is Cc1noc(-c2ccccc2N(C(=O)O)C2CCN(Cc3ccccc3)CC2)n1. The molecule has 1 amide bonds. The smallest absolute Gasteiger partial charge is 0.412 e. The maximum atomic E-state index is 12.2. The van der Waals surface area contributed by atoms with E-state index in [1.165, 1.54) is 10.5 Å². The van der Waals surface area contributed by atoms with Gasteiger partial charge in [0.1, 0.15) is 0 Å². The van der Waals surface area contributed by atoms with E-state index in [9.17, 15) is 9.90 Å². The van der Waals surface area contributed by atoms with Crippen molar-refractivity contribution in [2.75, 3.05) is 18.0 Å². The van der Waals surface area contributed by atoms with Gasteiger partial charge in [-0.1, -0.05) is 47.6 Å². The van der Waals surface area contributed by atoms with Crippen molar-refractivity contribution in [3.05, 3.63) is 66.0 Å². The molecule has 0 unspecified atom stereocenters. The number of benzene rings is 2. The molecule has 2 aromatic carbocycles. The van der Waals surface area contributed by atoms with Crippen LogP contribution >= 0.6 is 0 Å². The van der Waals surface area contributed by atoms with E-state index in [1.807, 2.05) is 36.4 Å². The lowest BCUT2D eigenvalue weighted by atomic mass is 10.0. The second kappa shape index (κ2) is 8.45. The third-order valence-corrected chi connectivity index (χ3v) is 5.30. The van der Waals surface area contributed by atoms with Gasteiger partial charge in [-0.15, -0.1) is 0 Å². The van der Waals surface area contributed by atoms with Crippen molar-refractivity contribution in [2.24, 2.45) is 0 Å². The van der Waals surface area contributed by atoms with Crippen LogP contribution in [0.2, 0.25) is 0 Å². The quantitative estimate of drug-likeness (QED) is 0.701. The Morgan fingerprint density at radius 1 is 1.14 bits per heavy atom. The van der Waals surface area contributed by atoms with Crippen molar-refractivity contribution < 1.29 is 14.4 Å². The molecule has 0 saturated carbocycles. The van der Waals surface area contributed by atoms with Crippen molar-refractivity contribution in [3.63, 3.8) is 0 Å². The number of nitrogens with zero attached hydrogens (tertiary/aromatic N) is 4. The van der Waals surface area contributed by atoms with E-state index in [-0.39, 0.29) is 6.04 Å². The van der Waals surface area contributed by atoms with Crippen LogP contribution in [0.4, 0.5) is 10.5 Å². The van der Waals surface area contributed by atoms with Crippen LogP contribution in [0.5, 0.6) is 0 Å². The number of hydrogen-bond acceptors (Lipinski definition) is 5. The second-order valence-electron chi connectivity index (χ2n) is 7.31. The van der Waals surface area contributed by atoms with Gasteiger partial charge in [0, 0.05) is 25.7 Å². The number of carboxylic acid groups (broad SMARTS) is 1. The van der Waals surface area contributed by atoms with Gasteiger partial charge in [-0.3, -0.25) is 9.80 Å². The highest BCUT2D eigenvalue weighted by Crippen LogP contribution is 2.33. The molecule has 150 valence electrons. The number of amides is 1. The molecular weight excluding hydrogens is 368 g/mol. The van der Waals surface area contributed by atoms with E-state index in [0.717, 1.165) is 32.5 Å². The summed E-state index contributed by atoms with van der Waals surface area (Å²) < 4.78 is 5.30. The first-order valence-corrected chi connectivity index (χ1v) is 9.80. The molecule has 1 N–H and O–H groups in total. The zero-order valence-corrected chi connectivity index (χ0v) is 16.4. The van der Waals surface area contributed by atoms with E-state index in [4.69, 9.17) is 4.52 Å². The molecule has 1 saturated heterocycles. The fourth-order valence-electron chi connectivity index (χ4n) is 3.90. The number of anilines is 1. The summed E-state index contributed by atoms with van der Waals surface area (Å²) in [6, 6.07) is 17.6. The summed E-state index contributed by atoms with van der Waals surface area (Å²) in [6.07, 6.45) is 0.585. The standard InChI is InChI=1S/C22H24N4O3/c1-16-23-21(29-24-16)19-9-5-6-10-20(19)26(22(27)28)18-11-13-25(14-12-18)15-17-7-3-2-4-8-17/h2-10,18H,11-15H2,1H3,(H,27,28). The predicted octanol–water partition coefficient (Wildman–Crippen LogP) is 4.19. The molecule has 2 heterocycles. The Hall–Kier alpha value is -3.19. The molecule has 1 aromatic heterocycles. The summed E-state index contributed by atoms with van der Waals surface area (Å²) in [7, 11) is 0. The zero-order chi connectivity index (χ0) is 20.2. The molecule has 3 aromatic rings. The molecule has 0 aliphatic carbocycles. The molecule has 29 heavy (non-hydrogen) atoms. The van der Waals surface area contributed by atoms with Crippen LogP contribution in [0.15, 0.2) is 59.1 Å². The maximum Gasteiger partial charge on any atom is 0.412 e. The molecule has 0 bridgehead atoms. The summed E-state index contributed by atoms with van der Waals surface area (Å²) >= 11 is 0. The van der Waals surface area contributed by atoms with Crippen molar-refractivity contribution >= 4 is 11.8 Å². The predicted molar refractivity (Wildman–Crippen MR) is 110 cm³/mol. The summed E-state index contributed by atoms with van der Waals surface area (Å²) in [5.41, 5.74) is 2.51. The maximum absolute atomic E-state index is 12.2. The summed E-state index contributed by atoms with van der Waals surface area (Å²) in [5, 5.41) is 13.8. The number of para-hydroxylation sites is 1. The Morgan fingerprint density at radius 2 is 1.83 bits per heavy atom. The molecule has 0 spiro atoms. The monoisotopic (exact) mass is 392 g/mol. The fraction of sp³-hybridized carbons (Fsp3) is 0.318. The van der Waals surface area contributed by atoms with E-state index in [0.29, 0.717) is 23.0 Å². The third kappa shape index (κ3) is 4.30. The highest BCUT2D eigenvalue weighted by molar-refractivity contribution is 5.92. The number of hydrogen-bond donors (Lipinski definition) is 1. The Balaban J connectivity index is 1.52. The number of likely N-dealkylation sites (tertiary alicyclic amines) is 1. The van der Waals surface area contributed by atoms with E-state index in [1.54, 1.807) is 13.0 Å². The van der Waals surface area contributed by atoms with Crippen LogP contribution < -0.4 is 4.90 Å². The molecule has 7 nitrogen and oxygen atoms in total. The molecule has 1 fully saturated rings. The largest absolute Gasteiger partial charge is 0.465 e. The minimum atomic E-state index is -0.963. The number of rotatable bonds is 5. The normalized spacial score (nSPS) is 15.3. The number of carbonyl (C=O) groups is 1. The summed E-state index contributed by atoms with van der Waals surface area (Å²) in [6.45, 7) is 4.34. The Morgan fingerprint density at radius 3 is 2.48 bits per heavy atom. The highest BCUT2D eigenvalue weighted by atomic mass is 16.5. The van der Waals surface area contributed by atoms with Crippen LogP contribution in [-0.2, 0) is 6.54 Å². The van der Waals surface area contributed by atoms with E-state index in [2.05, 4.69) is 27.2 Å². The summed E-state index contributed by atoms with van der Waals surface area (Å²) in [4.78, 5) is 20.3. The first kappa shape index (κ1) is 19.1. The molecule has 1 aliphatic heterocycles. The molecular formula is C22H24N4O3. The Kier molecular flexibility index (Phi) is 5.57. The Labute approximate surface area is 169 Å². The molecule has 0 radical (unpaired) electrons. The van der Waals surface area contributed by atoms with E-state index >= 15 is 0 Å². The zero-order valence-electron chi connectivity index (χ0n) is 16.4. The van der Waals surface area contributed by atoms with Crippen LogP contribution in [0.1, 0.15) is 24.2 Å². The third-order valence-electron chi connectivity index (χ3n) is 5.30. The van der Waals surface area contributed by atoms with Gasteiger partial charge in [-0.25, -0.2) is 4.79 Å². The second-order valence-corrected chi connectivity index (χ2v) is 7.31. The van der Waals surface area contributed by atoms with Crippen LogP contribution in [0.3, 0.4) is 0 Å². The highest BCUT2D eigenvalue weighted by Gasteiger charge is 2.31. The minimum absolute atomic E-state index is 0.0929. The number of aryl methyl sites for hydroxylation is 1. The molecule has 4 rings (SSSR count). The van der Waals surface area contributed by atoms with Crippen molar-refractivity contribution in [2.45, 2.75) is 32.4 Å². The van der Waals surface area contributed by atoms with Crippen molar-refractivity contribution in [1.29, 1.82) is 0 Å². The van der Waals surface area contributed by atoms with Crippen molar-refractivity contribution in [1.82, 2.24) is 15.0 Å². The first-order chi connectivity index (χ1) is 14.1. The van der Waals surface area contributed by atoms with E-state index < -0.39 is 6.09 Å². The Bertz CT molecular complexity index is 965. The van der Waals surface area contributed by atoms with Crippen LogP contribution in [0.25, 0.3) is 11.5 Å². The van der Waals surface area contributed by atoms with Gasteiger partial charge < -0.3 is 9.63 Å². The molecule has 0 atom stereocenters. The summed E-state index contributed by atoms with van der Waals surface area (Å²) in [5.74, 6) is 0.858. The van der Waals surface area contributed by atoms with Gasteiger partial charge in [0.05, 0.1) is 11.3 Å². The van der Waals surface area contributed by atoms with Crippen LogP contribution in [0, 0.1) is 6.92 Å². The average molecular weight is 392 g/mol. The van der Waals surface area contributed by atoms with Gasteiger partial charge in [0.25, 0.3) is 5.89 Å². The van der Waals surface area contributed by atoms with Gasteiger partial charge >= 0.3 is 6.09 Å². The lowest BCUT2D eigenvalue weighted by Gasteiger charge is -2.37. The van der Waals surface area contributed by atoms with Gasteiger partial charge in [0.2, 0.25) is 0 Å². The molecule has 7 heteroatoms. The number of piperidine rings is 1. The lowest BCUT2D eigenvalue weighted by Crippen LogP contribution is -2.47. The van der Waals surface area contributed by atoms with Crippen LogP contribution in [-0.4, -0.2) is 45.4 Å². The topological polar surface area (TPSA) is 82.7 Å². The molecule has 1 aliphatic rings.